The van der Waals surface area contributed by atoms with Crippen LogP contribution in [0.15, 0.2) is 18.2 Å². The van der Waals surface area contributed by atoms with Crippen LogP contribution in [-0.2, 0) is 9.53 Å². The fourth-order valence-electron chi connectivity index (χ4n) is 1.40. The number of esters is 1. The van der Waals surface area contributed by atoms with Gasteiger partial charge in [-0.3, -0.25) is 9.59 Å². The highest BCUT2D eigenvalue weighted by Gasteiger charge is 2.16. The summed E-state index contributed by atoms with van der Waals surface area (Å²) < 4.78 is 31.4. The van der Waals surface area contributed by atoms with Crippen LogP contribution in [0.5, 0.6) is 0 Å². The molecule has 0 aliphatic heterocycles. The standard InChI is InChI=1S/C13H15F2NO3/c1-8(2)19-11(17)6-7-16-13(18)12-9(14)4-3-5-10(12)15/h3-5,8H,6-7H2,1-2H3,(H,16,18). The van der Waals surface area contributed by atoms with E-state index in [9.17, 15) is 18.4 Å². The second-order valence-corrected chi connectivity index (χ2v) is 4.14. The molecule has 0 atom stereocenters. The summed E-state index contributed by atoms with van der Waals surface area (Å²) in [6.45, 7) is 3.36. The highest BCUT2D eigenvalue weighted by molar-refractivity contribution is 5.94. The van der Waals surface area contributed by atoms with Crippen molar-refractivity contribution in [2.24, 2.45) is 0 Å². The van der Waals surface area contributed by atoms with Gasteiger partial charge in [0.1, 0.15) is 17.2 Å². The Bertz CT molecular complexity index is 455. The van der Waals surface area contributed by atoms with E-state index in [1.807, 2.05) is 0 Å². The van der Waals surface area contributed by atoms with E-state index in [0.29, 0.717) is 0 Å². The maximum atomic E-state index is 13.3. The summed E-state index contributed by atoms with van der Waals surface area (Å²) in [5.74, 6) is -3.26. The largest absolute Gasteiger partial charge is 0.463 e. The molecule has 104 valence electrons. The molecule has 0 saturated heterocycles. The molecule has 0 saturated carbocycles. The highest BCUT2D eigenvalue weighted by atomic mass is 19.1. The second-order valence-electron chi connectivity index (χ2n) is 4.14. The van der Waals surface area contributed by atoms with Gasteiger partial charge in [0, 0.05) is 6.54 Å². The Balaban J connectivity index is 2.50. The molecule has 0 aliphatic rings. The number of ether oxygens (including phenoxy) is 1. The lowest BCUT2D eigenvalue weighted by Gasteiger charge is -2.09. The van der Waals surface area contributed by atoms with E-state index in [4.69, 9.17) is 4.74 Å². The van der Waals surface area contributed by atoms with Crippen molar-refractivity contribution in [1.29, 1.82) is 0 Å². The topological polar surface area (TPSA) is 55.4 Å². The van der Waals surface area contributed by atoms with Gasteiger partial charge in [-0.15, -0.1) is 0 Å². The van der Waals surface area contributed by atoms with Gasteiger partial charge < -0.3 is 10.1 Å². The minimum atomic E-state index is -0.942. The molecule has 0 fully saturated rings. The predicted octanol–water partition coefficient (Wildman–Crippen LogP) is 2.04. The number of rotatable bonds is 5. The number of amides is 1. The van der Waals surface area contributed by atoms with E-state index in [1.165, 1.54) is 6.07 Å². The summed E-state index contributed by atoms with van der Waals surface area (Å²) in [7, 11) is 0. The molecular weight excluding hydrogens is 256 g/mol. The van der Waals surface area contributed by atoms with Crippen molar-refractivity contribution in [2.45, 2.75) is 26.4 Å². The molecule has 0 aliphatic carbocycles. The molecule has 19 heavy (non-hydrogen) atoms. The zero-order valence-electron chi connectivity index (χ0n) is 10.7. The second kappa shape index (κ2) is 6.82. The van der Waals surface area contributed by atoms with Gasteiger partial charge in [0.15, 0.2) is 0 Å². The molecule has 1 rings (SSSR count). The van der Waals surface area contributed by atoms with Gasteiger partial charge in [-0.1, -0.05) is 6.07 Å². The number of carbonyl (C=O) groups excluding carboxylic acids is 2. The average molecular weight is 271 g/mol. The molecule has 0 heterocycles. The maximum absolute atomic E-state index is 13.3. The monoisotopic (exact) mass is 271 g/mol. The Kier molecular flexibility index (Phi) is 5.41. The van der Waals surface area contributed by atoms with Crippen molar-refractivity contribution in [2.75, 3.05) is 6.54 Å². The highest BCUT2D eigenvalue weighted by Crippen LogP contribution is 2.11. The molecule has 0 aromatic heterocycles. The summed E-state index contributed by atoms with van der Waals surface area (Å²) in [4.78, 5) is 22.7. The first-order chi connectivity index (χ1) is 8.91. The first-order valence-corrected chi connectivity index (χ1v) is 5.83. The third-order valence-electron chi connectivity index (χ3n) is 2.17. The summed E-state index contributed by atoms with van der Waals surface area (Å²) in [6, 6.07) is 3.15. The van der Waals surface area contributed by atoms with E-state index < -0.39 is 29.1 Å². The minimum Gasteiger partial charge on any atom is -0.463 e. The third-order valence-corrected chi connectivity index (χ3v) is 2.17. The lowest BCUT2D eigenvalue weighted by molar-refractivity contribution is -0.147. The van der Waals surface area contributed by atoms with E-state index in [2.05, 4.69) is 5.32 Å². The fourth-order valence-corrected chi connectivity index (χ4v) is 1.40. The lowest BCUT2D eigenvalue weighted by Crippen LogP contribution is -2.28. The Hall–Kier alpha value is -1.98. The Morgan fingerprint density at radius 2 is 1.84 bits per heavy atom. The smallest absolute Gasteiger partial charge is 0.307 e. The maximum Gasteiger partial charge on any atom is 0.307 e. The summed E-state index contributed by atoms with van der Waals surface area (Å²) >= 11 is 0. The van der Waals surface area contributed by atoms with Crippen LogP contribution in [0.4, 0.5) is 8.78 Å². The molecular formula is C13H15F2NO3. The summed E-state index contributed by atoms with van der Waals surface area (Å²) in [6.07, 6.45) is -0.299. The van der Waals surface area contributed by atoms with Crippen LogP contribution in [0.2, 0.25) is 0 Å². The van der Waals surface area contributed by atoms with Crippen molar-refractivity contribution in [3.05, 3.63) is 35.4 Å². The molecule has 4 nitrogen and oxygen atoms in total. The van der Waals surface area contributed by atoms with Crippen LogP contribution in [0.1, 0.15) is 30.6 Å². The minimum absolute atomic E-state index is 0.0435. The average Bonchev–Trinajstić information content (AvgIpc) is 2.27. The molecule has 0 spiro atoms. The molecule has 6 heteroatoms. The van der Waals surface area contributed by atoms with Crippen molar-refractivity contribution >= 4 is 11.9 Å². The lowest BCUT2D eigenvalue weighted by atomic mass is 10.2. The summed E-state index contributed by atoms with van der Waals surface area (Å²) in [5, 5.41) is 2.26. The van der Waals surface area contributed by atoms with Crippen molar-refractivity contribution in [1.82, 2.24) is 5.32 Å². The van der Waals surface area contributed by atoms with Gasteiger partial charge in [0.2, 0.25) is 0 Å². The number of nitrogens with one attached hydrogen (secondary N) is 1. The third kappa shape index (κ3) is 4.65. The van der Waals surface area contributed by atoms with Crippen LogP contribution in [0.3, 0.4) is 0 Å². The number of carbonyl (C=O) groups is 2. The van der Waals surface area contributed by atoms with Crippen molar-refractivity contribution < 1.29 is 23.1 Å². The van der Waals surface area contributed by atoms with Crippen LogP contribution in [0, 0.1) is 11.6 Å². The quantitative estimate of drug-likeness (QED) is 0.834. The molecule has 0 unspecified atom stereocenters. The molecule has 1 aromatic carbocycles. The number of benzene rings is 1. The van der Waals surface area contributed by atoms with E-state index in [0.717, 1.165) is 12.1 Å². The van der Waals surface area contributed by atoms with Crippen molar-refractivity contribution in [3.63, 3.8) is 0 Å². The number of halogens is 2. The zero-order valence-corrected chi connectivity index (χ0v) is 10.7. The fraction of sp³-hybridized carbons (Fsp3) is 0.385. The first kappa shape index (κ1) is 15.1. The van der Waals surface area contributed by atoms with Gasteiger partial charge in [0.05, 0.1) is 12.5 Å². The van der Waals surface area contributed by atoms with Gasteiger partial charge in [-0.2, -0.15) is 0 Å². The Morgan fingerprint density at radius 3 is 2.37 bits per heavy atom. The number of hydrogen-bond acceptors (Lipinski definition) is 3. The summed E-state index contributed by atoms with van der Waals surface area (Å²) in [5.41, 5.74) is -0.653. The van der Waals surface area contributed by atoms with Crippen LogP contribution < -0.4 is 5.32 Å². The normalized spacial score (nSPS) is 10.4. The molecule has 0 radical (unpaired) electrons. The SMILES string of the molecule is CC(C)OC(=O)CCNC(=O)c1c(F)cccc1F. The first-order valence-electron chi connectivity index (χ1n) is 5.83. The van der Waals surface area contributed by atoms with Crippen LogP contribution in [0.25, 0.3) is 0 Å². The zero-order chi connectivity index (χ0) is 14.4. The van der Waals surface area contributed by atoms with Crippen LogP contribution >= 0.6 is 0 Å². The molecule has 0 bridgehead atoms. The Morgan fingerprint density at radius 1 is 1.26 bits per heavy atom. The Labute approximate surface area is 109 Å². The number of hydrogen-bond donors (Lipinski definition) is 1. The van der Waals surface area contributed by atoms with Crippen molar-refractivity contribution in [3.8, 4) is 0 Å². The van der Waals surface area contributed by atoms with Gasteiger partial charge in [-0.05, 0) is 26.0 Å². The molecule has 1 amide bonds. The van der Waals surface area contributed by atoms with Gasteiger partial charge >= 0.3 is 5.97 Å². The predicted molar refractivity (Wildman–Crippen MR) is 64.5 cm³/mol. The van der Waals surface area contributed by atoms with E-state index in [1.54, 1.807) is 13.8 Å². The molecule has 1 N–H and O–H groups in total. The van der Waals surface area contributed by atoms with Gasteiger partial charge in [-0.25, -0.2) is 8.78 Å². The van der Waals surface area contributed by atoms with E-state index in [-0.39, 0.29) is 19.1 Å². The molecule has 1 aromatic rings. The van der Waals surface area contributed by atoms with E-state index >= 15 is 0 Å². The van der Waals surface area contributed by atoms with Gasteiger partial charge in [0.25, 0.3) is 5.91 Å². The van der Waals surface area contributed by atoms with Crippen LogP contribution in [-0.4, -0.2) is 24.5 Å².